The summed E-state index contributed by atoms with van der Waals surface area (Å²) in [6.07, 6.45) is 5.21. The van der Waals surface area contributed by atoms with Crippen molar-refractivity contribution < 1.29 is 14.0 Å². The van der Waals surface area contributed by atoms with Gasteiger partial charge >= 0.3 is 0 Å². The van der Waals surface area contributed by atoms with Crippen LogP contribution in [0.2, 0.25) is 10.0 Å². The van der Waals surface area contributed by atoms with Crippen molar-refractivity contribution in [3.63, 3.8) is 0 Å². The Bertz CT molecular complexity index is 1190. The van der Waals surface area contributed by atoms with E-state index in [2.05, 4.69) is 5.32 Å². The molecule has 1 atom stereocenters. The van der Waals surface area contributed by atoms with E-state index >= 15 is 0 Å². The van der Waals surface area contributed by atoms with Crippen LogP contribution >= 0.6 is 23.2 Å². The summed E-state index contributed by atoms with van der Waals surface area (Å²) in [4.78, 5) is 29.1. The van der Waals surface area contributed by atoms with Gasteiger partial charge in [0.05, 0.1) is 6.42 Å². The molecule has 1 aliphatic rings. The minimum absolute atomic E-state index is 0.0813. The van der Waals surface area contributed by atoms with Gasteiger partial charge in [0.1, 0.15) is 11.9 Å². The SMILES string of the molecule is O=C(NC1CCCCC1)[C@@H](Cc1ccccc1)N(Cc1ccccc1Cl)C(=O)Cc1c(F)cccc1Cl. The summed E-state index contributed by atoms with van der Waals surface area (Å²) < 4.78 is 14.6. The number of amides is 2. The highest BCUT2D eigenvalue weighted by atomic mass is 35.5. The average Bonchev–Trinajstić information content (AvgIpc) is 2.90. The number of carbonyl (C=O) groups excluding carboxylic acids is 2. The van der Waals surface area contributed by atoms with Gasteiger partial charge in [-0.2, -0.15) is 0 Å². The van der Waals surface area contributed by atoms with E-state index < -0.39 is 17.8 Å². The van der Waals surface area contributed by atoms with Gasteiger partial charge in [0, 0.05) is 34.6 Å². The van der Waals surface area contributed by atoms with E-state index in [4.69, 9.17) is 23.2 Å². The number of nitrogens with zero attached hydrogens (tertiary/aromatic N) is 1. The Kier molecular flexibility index (Phi) is 9.59. The highest BCUT2D eigenvalue weighted by Crippen LogP contribution is 2.25. The fraction of sp³-hybridized carbons (Fsp3) is 0.333. The molecule has 0 radical (unpaired) electrons. The standard InChI is InChI=1S/C30H31Cl2FN2O2/c31-25-15-8-7-12-22(25)20-35(29(36)19-24-26(32)16-9-17-27(24)33)28(18-21-10-3-1-4-11-21)30(37)34-23-13-5-2-6-14-23/h1,3-4,7-12,15-17,23,28H,2,5-6,13-14,18-20H2,(H,34,37)/t28-/m1/s1. The van der Waals surface area contributed by atoms with Crippen LogP contribution in [-0.4, -0.2) is 28.8 Å². The van der Waals surface area contributed by atoms with Gasteiger partial charge in [-0.25, -0.2) is 4.39 Å². The molecule has 3 aromatic carbocycles. The van der Waals surface area contributed by atoms with Crippen LogP contribution in [0.4, 0.5) is 4.39 Å². The third kappa shape index (κ3) is 7.33. The van der Waals surface area contributed by atoms with Gasteiger partial charge in [0.15, 0.2) is 0 Å². The normalized spacial score (nSPS) is 14.7. The molecular weight excluding hydrogens is 510 g/mol. The van der Waals surface area contributed by atoms with Crippen molar-refractivity contribution >= 4 is 35.0 Å². The van der Waals surface area contributed by atoms with Gasteiger partial charge in [-0.3, -0.25) is 9.59 Å². The van der Waals surface area contributed by atoms with E-state index in [1.54, 1.807) is 12.1 Å². The highest BCUT2D eigenvalue weighted by molar-refractivity contribution is 6.31. The molecular formula is C30H31Cl2FN2O2. The van der Waals surface area contributed by atoms with Crippen molar-refractivity contribution in [3.05, 3.63) is 105 Å². The molecule has 0 heterocycles. The lowest BCUT2D eigenvalue weighted by molar-refractivity contribution is -0.141. The van der Waals surface area contributed by atoms with Crippen LogP contribution in [-0.2, 0) is 29.0 Å². The van der Waals surface area contributed by atoms with E-state index in [9.17, 15) is 14.0 Å². The Morgan fingerprint density at radius 1 is 0.892 bits per heavy atom. The summed E-state index contributed by atoms with van der Waals surface area (Å²) in [5.41, 5.74) is 1.75. The first-order valence-corrected chi connectivity index (χ1v) is 13.5. The smallest absolute Gasteiger partial charge is 0.243 e. The molecule has 1 fully saturated rings. The number of hydrogen-bond acceptors (Lipinski definition) is 2. The molecule has 3 aromatic rings. The lowest BCUT2D eigenvalue weighted by Gasteiger charge is -2.34. The summed E-state index contributed by atoms with van der Waals surface area (Å²) in [6.45, 7) is 0.111. The predicted molar refractivity (Wildman–Crippen MR) is 146 cm³/mol. The molecule has 0 aromatic heterocycles. The Hall–Kier alpha value is -2.89. The zero-order valence-electron chi connectivity index (χ0n) is 20.6. The summed E-state index contributed by atoms with van der Waals surface area (Å²) >= 11 is 12.7. The molecule has 1 saturated carbocycles. The first kappa shape index (κ1) is 27.2. The maximum Gasteiger partial charge on any atom is 0.243 e. The van der Waals surface area contributed by atoms with Gasteiger partial charge in [-0.1, -0.05) is 97.1 Å². The van der Waals surface area contributed by atoms with Crippen LogP contribution in [0.1, 0.15) is 48.8 Å². The molecule has 2 amide bonds. The number of benzene rings is 3. The molecule has 0 aliphatic heterocycles. The fourth-order valence-corrected chi connectivity index (χ4v) is 5.29. The van der Waals surface area contributed by atoms with Crippen LogP contribution in [0, 0.1) is 5.82 Å². The van der Waals surface area contributed by atoms with Crippen molar-refractivity contribution in [3.8, 4) is 0 Å². The lowest BCUT2D eigenvalue weighted by Crippen LogP contribution is -2.53. The van der Waals surface area contributed by atoms with Crippen molar-refractivity contribution in [1.29, 1.82) is 0 Å². The second-order valence-corrected chi connectivity index (χ2v) is 10.4. The van der Waals surface area contributed by atoms with Gasteiger partial charge in [-0.15, -0.1) is 0 Å². The van der Waals surface area contributed by atoms with Gasteiger partial charge < -0.3 is 10.2 Å². The second kappa shape index (κ2) is 13.1. The molecule has 194 valence electrons. The number of rotatable bonds is 9. The Labute approximate surface area is 227 Å². The zero-order chi connectivity index (χ0) is 26.2. The topological polar surface area (TPSA) is 49.4 Å². The molecule has 1 N–H and O–H groups in total. The first-order valence-electron chi connectivity index (χ1n) is 12.7. The van der Waals surface area contributed by atoms with Crippen LogP contribution in [0.3, 0.4) is 0 Å². The van der Waals surface area contributed by atoms with Crippen LogP contribution < -0.4 is 5.32 Å². The monoisotopic (exact) mass is 540 g/mol. The second-order valence-electron chi connectivity index (χ2n) is 9.54. The number of nitrogens with one attached hydrogen (secondary N) is 1. The molecule has 4 nitrogen and oxygen atoms in total. The fourth-order valence-electron chi connectivity index (χ4n) is 4.86. The number of halogens is 3. The molecule has 0 unspecified atom stereocenters. The lowest BCUT2D eigenvalue weighted by atomic mass is 9.94. The largest absolute Gasteiger partial charge is 0.352 e. The molecule has 4 rings (SSSR count). The molecule has 1 aliphatic carbocycles. The minimum Gasteiger partial charge on any atom is -0.352 e. The first-order chi connectivity index (χ1) is 17.9. The Morgan fingerprint density at radius 2 is 1.57 bits per heavy atom. The third-order valence-electron chi connectivity index (χ3n) is 6.91. The van der Waals surface area contributed by atoms with Crippen molar-refractivity contribution in [2.75, 3.05) is 0 Å². The maximum absolute atomic E-state index is 14.6. The van der Waals surface area contributed by atoms with Gasteiger partial charge in [-0.05, 0) is 42.2 Å². The predicted octanol–water partition coefficient (Wildman–Crippen LogP) is 6.76. The number of carbonyl (C=O) groups is 2. The molecule has 37 heavy (non-hydrogen) atoms. The quantitative estimate of drug-likeness (QED) is 0.325. The molecule has 7 heteroatoms. The summed E-state index contributed by atoms with van der Waals surface area (Å²) in [6, 6.07) is 20.5. The van der Waals surface area contributed by atoms with Crippen LogP contribution in [0.15, 0.2) is 72.8 Å². The molecule has 0 spiro atoms. The van der Waals surface area contributed by atoms with Crippen LogP contribution in [0.5, 0.6) is 0 Å². The van der Waals surface area contributed by atoms with E-state index in [-0.39, 0.29) is 35.5 Å². The minimum atomic E-state index is -0.807. The molecule has 0 saturated heterocycles. The third-order valence-corrected chi connectivity index (χ3v) is 7.63. The van der Waals surface area contributed by atoms with E-state index in [0.717, 1.165) is 31.2 Å². The molecule has 0 bridgehead atoms. The number of hydrogen-bond donors (Lipinski definition) is 1. The van der Waals surface area contributed by atoms with Crippen molar-refractivity contribution in [2.45, 2.75) is 63.6 Å². The van der Waals surface area contributed by atoms with Gasteiger partial charge in [0.25, 0.3) is 0 Å². The Balaban J connectivity index is 1.69. The summed E-state index contributed by atoms with van der Waals surface area (Å²) in [5.74, 6) is -1.16. The Morgan fingerprint density at radius 3 is 2.27 bits per heavy atom. The highest BCUT2D eigenvalue weighted by Gasteiger charge is 2.32. The zero-order valence-corrected chi connectivity index (χ0v) is 22.1. The van der Waals surface area contributed by atoms with E-state index in [1.165, 1.54) is 23.5 Å². The summed E-state index contributed by atoms with van der Waals surface area (Å²) in [7, 11) is 0. The maximum atomic E-state index is 14.6. The van der Waals surface area contributed by atoms with Crippen molar-refractivity contribution in [2.24, 2.45) is 0 Å². The van der Waals surface area contributed by atoms with E-state index in [0.29, 0.717) is 17.0 Å². The van der Waals surface area contributed by atoms with Gasteiger partial charge in [0.2, 0.25) is 11.8 Å². The van der Waals surface area contributed by atoms with Crippen LogP contribution in [0.25, 0.3) is 0 Å². The van der Waals surface area contributed by atoms with Crippen molar-refractivity contribution in [1.82, 2.24) is 10.2 Å². The average molecular weight is 541 g/mol. The van der Waals surface area contributed by atoms with E-state index in [1.807, 2.05) is 48.5 Å². The summed E-state index contributed by atoms with van der Waals surface area (Å²) in [5, 5.41) is 3.87.